The zero-order chi connectivity index (χ0) is 21.8. The van der Waals surface area contributed by atoms with Gasteiger partial charge in [0.05, 0.1) is 31.5 Å². The quantitative estimate of drug-likeness (QED) is 0.607. The summed E-state index contributed by atoms with van der Waals surface area (Å²) in [4.78, 5) is 31.5. The topological polar surface area (TPSA) is 92.9 Å². The number of hydrogen-bond donors (Lipinski definition) is 1. The van der Waals surface area contributed by atoms with Gasteiger partial charge in [0, 0.05) is 17.6 Å². The number of para-hydroxylation sites is 1. The van der Waals surface area contributed by atoms with E-state index in [4.69, 9.17) is 9.15 Å². The average molecular weight is 422 g/mol. The van der Waals surface area contributed by atoms with E-state index in [1.807, 2.05) is 24.3 Å². The van der Waals surface area contributed by atoms with E-state index in [1.165, 1.54) is 19.6 Å². The molecule has 7 nitrogen and oxygen atoms in total. The van der Waals surface area contributed by atoms with Crippen LogP contribution in [0.15, 0.2) is 51.8 Å². The van der Waals surface area contributed by atoms with E-state index in [-0.39, 0.29) is 12.2 Å². The van der Waals surface area contributed by atoms with E-state index in [0.717, 1.165) is 42.4 Å². The number of pyridine rings is 1. The minimum absolute atomic E-state index is 0.0752. The first-order valence-corrected chi connectivity index (χ1v) is 10.6. The molecule has 31 heavy (non-hydrogen) atoms. The zero-order valence-electron chi connectivity index (χ0n) is 17.5. The van der Waals surface area contributed by atoms with E-state index < -0.39 is 23.1 Å². The fraction of sp³-hybridized carbons (Fsp3) is 0.375. The molecule has 4 rings (SSSR count). The maximum absolute atomic E-state index is 12.6. The standard InChI is InChI=1S/C24H26N2O5/c1-30-22(28)14-19(17-9-10-25-20-8-4-3-7-18(17)20)24-23(29)21(27)13-16(31-24)15-26-11-5-2-6-12-26/h3-4,7-10,13,19,29H,2,5-6,11-12,14-15H2,1H3. The van der Waals surface area contributed by atoms with Crippen molar-refractivity contribution in [1.82, 2.24) is 9.88 Å². The number of likely N-dealkylation sites (tertiary alicyclic amines) is 1. The molecule has 162 valence electrons. The van der Waals surface area contributed by atoms with Crippen LogP contribution in [0, 0.1) is 0 Å². The highest BCUT2D eigenvalue weighted by Gasteiger charge is 2.28. The summed E-state index contributed by atoms with van der Waals surface area (Å²) in [5.74, 6) is -1.06. The number of fused-ring (bicyclic) bond motifs is 1. The number of esters is 1. The molecule has 1 N–H and O–H groups in total. The number of piperidine rings is 1. The molecular formula is C24H26N2O5. The maximum atomic E-state index is 12.6. The van der Waals surface area contributed by atoms with Gasteiger partial charge in [-0.3, -0.25) is 19.5 Å². The van der Waals surface area contributed by atoms with Crippen LogP contribution in [0.25, 0.3) is 10.9 Å². The van der Waals surface area contributed by atoms with E-state index in [2.05, 4.69) is 9.88 Å². The minimum Gasteiger partial charge on any atom is -0.502 e. The Bertz CT molecular complexity index is 1130. The molecule has 0 radical (unpaired) electrons. The van der Waals surface area contributed by atoms with Crippen molar-refractivity contribution in [1.29, 1.82) is 0 Å². The normalized spacial score (nSPS) is 15.6. The lowest BCUT2D eigenvalue weighted by atomic mass is 9.90. The molecule has 1 aromatic carbocycles. The van der Waals surface area contributed by atoms with Crippen LogP contribution in [0.4, 0.5) is 0 Å². The van der Waals surface area contributed by atoms with Gasteiger partial charge in [-0.1, -0.05) is 24.6 Å². The third-order valence-corrected chi connectivity index (χ3v) is 5.80. The van der Waals surface area contributed by atoms with Gasteiger partial charge in [0.2, 0.25) is 11.2 Å². The Morgan fingerprint density at radius 1 is 1.23 bits per heavy atom. The summed E-state index contributed by atoms with van der Waals surface area (Å²) in [6, 6.07) is 10.7. The van der Waals surface area contributed by atoms with E-state index >= 15 is 0 Å². The highest BCUT2D eigenvalue weighted by molar-refractivity contribution is 5.84. The Labute approximate surface area is 180 Å². The average Bonchev–Trinajstić information content (AvgIpc) is 2.80. The molecule has 1 aliphatic heterocycles. The molecule has 7 heteroatoms. The van der Waals surface area contributed by atoms with Gasteiger partial charge in [-0.15, -0.1) is 0 Å². The third kappa shape index (κ3) is 4.61. The van der Waals surface area contributed by atoms with Crippen molar-refractivity contribution in [2.75, 3.05) is 20.2 Å². The predicted molar refractivity (Wildman–Crippen MR) is 116 cm³/mol. The van der Waals surface area contributed by atoms with Crippen molar-refractivity contribution < 1.29 is 19.1 Å². The first kappa shape index (κ1) is 21.1. The van der Waals surface area contributed by atoms with Gasteiger partial charge in [-0.05, 0) is 43.6 Å². The van der Waals surface area contributed by atoms with Crippen molar-refractivity contribution in [3.63, 3.8) is 0 Å². The van der Waals surface area contributed by atoms with Crippen LogP contribution in [0.3, 0.4) is 0 Å². The fourth-order valence-corrected chi connectivity index (χ4v) is 4.22. The lowest BCUT2D eigenvalue weighted by Gasteiger charge is -2.26. The number of hydrogen-bond acceptors (Lipinski definition) is 7. The summed E-state index contributed by atoms with van der Waals surface area (Å²) in [7, 11) is 1.31. The number of aromatic nitrogens is 1. The smallest absolute Gasteiger partial charge is 0.306 e. The monoisotopic (exact) mass is 422 g/mol. The molecule has 0 saturated carbocycles. The lowest BCUT2D eigenvalue weighted by molar-refractivity contribution is -0.140. The predicted octanol–water partition coefficient (Wildman–Crippen LogP) is 3.57. The SMILES string of the molecule is COC(=O)CC(c1oc(CN2CCCCC2)cc(=O)c1O)c1ccnc2ccccc12. The number of aromatic hydroxyl groups is 1. The molecule has 1 unspecified atom stereocenters. The molecule has 1 aliphatic rings. The molecule has 0 amide bonds. The van der Waals surface area contributed by atoms with Gasteiger partial charge < -0.3 is 14.3 Å². The third-order valence-electron chi connectivity index (χ3n) is 5.80. The summed E-state index contributed by atoms with van der Waals surface area (Å²) in [6.07, 6.45) is 5.01. The summed E-state index contributed by atoms with van der Waals surface area (Å²) in [6.45, 7) is 2.38. The van der Waals surface area contributed by atoms with Crippen LogP contribution in [0.2, 0.25) is 0 Å². The Morgan fingerprint density at radius 2 is 2.00 bits per heavy atom. The van der Waals surface area contributed by atoms with Crippen molar-refractivity contribution >= 4 is 16.9 Å². The summed E-state index contributed by atoms with van der Waals surface area (Å²) in [5, 5.41) is 11.5. The molecule has 1 saturated heterocycles. The van der Waals surface area contributed by atoms with Gasteiger partial charge >= 0.3 is 5.97 Å². The van der Waals surface area contributed by atoms with Gasteiger partial charge in [0.1, 0.15) is 5.76 Å². The van der Waals surface area contributed by atoms with Crippen molar-refractivity contribution in [2.24, 2.45) is 0 Å². The van der Waals surface area contributed by atoms with Crippen LogP contribution in [0.5, 0.6) is 5.75 Å². The van der Waals surface area contributed by atoms with Crippen LogP contribution in [-0.4, -0.2) is 41.2 Å². The number of ether oxygens (including phenoxy) is 1. The molecule has 0 bridgehead atoms. The number of carbonyl (C=O) groups is 1. The number of methoxy groups -OCH3 is 1. The van der Waals surface area contributed by atoms with Crippen molar-refractivity contribution in [3.05, 3.63) is 69.9 Å². The van der Waals surface area contributed by atoms with Gasteiger partial charge in [-0.2, -0.15) is 0 Å². The van der Waals surface area contributed by atoms with E-state index in [1.54, 1.807) is 12.3 Å². The minimum atomic E-state index is -0.686. The highest BCUT2D eigenvalue weighted by Crippen LogP contribution is 2.36. The summed E-state index contributed by atoms with van der Waals surface area (Å²) >= 11 is 0. The second kappa shape index (κ2) is 9.31. The van der Waals surface area contributed by atoms with Gasteiger partial charge in [-0.25, -0.2) is 0 Å². The second-order valence-corrected chi connectivity index (χ2v) is 7.88. The maximum Gasteiger partial charge on any atom is 0.306 e. The van der Waals surface area contributed by atoms with E-state index in [0.29, 0.717) is 12.3 Å². The first-order valence-electron chi connectivity index (χ1n) is 10.6. The Kier molecular flexibility index (Phi) is 6.32. The van der Waals surface area contributed by atoms with Gasteiger partial charge in [0.15, 0.2) is 5.76 Å². The van der Waals surface area contributed by atoms with Crippen molar-refractivity contribution in [2.45, 2.75) is 38.1 Å². The molecule has 0 aliphatic carbocycles. The Morgan fingerprint density at radius 3 is 2.77 bits per heavy atom. The van der Waals surface area contributed by atoms with Crippen LogP contribution >= 0.6 is 0 Å². The van der Waals surface area contributed by atoms with Crippen molar-refractivity contribution in [3.8, 4) is 5.75 Å². The van der Waals surface area contributed by atoms with Crippen LogP contribution in [-0.2, 0) is 16.1 Å². The van der Waals surface area contributed by atoms with E-state index in [9.17, 15) is 14.7 Å². The lowest BCUT2D eigenvalue weighted by Crippen LogP contribution is -2.29. The molecule has 2 aromatic heterocycles. The number of benzene rings is 1. The second-order valence-electron chi connectivity index (χ2n) is 7.88. The molecule has 1 fully saturated rings. The molecule has 1 atom stereocenters. The fourth-order valence-electron chi connectivity index (χ4n) is 4.22. The first-order chi connectivity index (χ1) is 15.1. The summed E-state index contributed by atoms with van der Waals surface area (Å²) in [5.41, 5.74) is 0.979. The van der Waals surface area contributed by atoms with Crippen LogP contribution in [0.1, 0.15) is 48.7 Å². The Balaban J connectivity index is 1.81. The largest absolute Gasteiger partial charge is 0.502 e. The van der Waals surface area contributed by atoms with Crippen LogP contribution < -0.4 is 5.43 Å². The number of carbonyl (C=O) groups excluding carboxylic acids is 1. The number of rotatable bonds is 6. The van der Waals surface area contributed by atoms with Gasteiger partial charge in [0.25, 0.3) is 0 Å². The summed E-state index contributed by atoms with van der Waals surface area (Å²) < 4.78 is 11.0. The molecule has 3 aromatic rings. The molecule has 0 spiro atoms. The molecule has 3 heterocycles. The molecular weight excluding hydrogens is 396 g/mol. The highest BCUT2D eigenvalue weighted by atomic mass is 16.5. The number of nitrogens with zero attached hydrogens (tertiary/aromatic N) is 2. The zero-order valence-corrected chi connectivity index (χ0v) is 17.5. The Hall–Kier alpha value is -3.19.